The molecule has 1 aliphatic heterocycles. The van der Waals surface area contributed by atoms with Crippen molar-refractivity contribution >= 4 is 0 Å². The molecule has 2 heteroatoms. The molecule has 1 N–H and O–H groups in total. The van der Waals surface area contributed by atoms with E-state index in [1.54, 1.807) is 0 Å². The molecule has 0 aromatic heterocycles. The largest absolute Gasteiger partial charge is 0.488 e. The van der Waals surface area contributed by atoms with Gasteiger partial charge in [0.15, 0.2) is 0 Å². The Morgan fingerprint density at radius 1 is 1.43 bits per heavy atom. The van der Waals surface area contributed by atoms with Crippen LogP contribution in [-0.4, -0.2) is 19.2 Å². The maximum Gasteiger partial charge on any atom is 0.135 e. The quantitative estimate of drug-likeness (QED) is 0.707. The molecule has 14 heavy (non-hydrogen) atoms. The topological polar surface area (TPSA) is 21.3 Å². The molecule has 1 saturated heterocycles. The lowest BCUT2D eigenvalue weighted by Gasteiger charge is -2.13. The van der Waals surface area contributed by atoms with Gasteiger partial charge >= 0.3 is 0 Å². The van der Waals surface area contributed by atoms with Gasteiger partial charge in [0.1, 0.15) is 11.9 Å². The van der Waals surface area contributed by atoms with Gasteiger partial charge in [-0.25, -0.2) is 0 Å². The van der Waals surface area contributed by atoms with Crippen molar-refractivity contribution in [2.75, 3.05) is 13.1 Å². The highest BCUT2D eigenvalue weighted by molar-refractivity contribution is 5.44. The Kier molecular flexibility index (Phi) is 2.71. The number of terminal acetylenes is 1. The van der Waals surface area contributed by atoms with E-state index in [-0.39, 0.29) is 6.10 Å². The van der Waals surface area contributed by atoms with Crippen LogP contribution in [0.15, 0.2) is 24.3 Å². The minimum absolute atomic E-state index is 0.268. The minimum Gasteiger partial charge on any atom is -0.488 e. The Hall–Kier alpha value is -1.46. The van der Waals surface area contributed by atoms with E-state index in [4.69, 9.17) is 11.2 Å². The van der Waals surface area contributed by atoms with Crippen molar-refractivity contribution in [1.29, 1.82) is 0 Å². The number of hydrogen-bond donors (Lipinski definition) is 1. The van der Waals surface area contributed by atoms with Gasteiger partial charge in [0, 0.05) is 6.54 Å². The van der Waals surface area contributed by atoms with Crippen LogP contribution in [-0.2, 0) is 0 Å². The molecule has 1 heterocycles. The van der Waals surface area contributed by atoms with Gasteiger partial charge in [0.05, 0.1) is 5.56 Å². The van der Waals surface area contributed by atoms with Crippen LogP contribution in [0.5, 0.6) is 5.75 Å². The Bertz CT molecular complexity index is 348. The predicted molar refractivity (Wildman–Crippen MR) is 56.3 cm³/mol. The second-order valence-corrected chi connectivity index (χ2v) is 3.37. The van der Waals surface area contributed by atoms with Crippen LogP contribution in [0.3, 0.4) is 0 Å². The summed E-state index contributed by atoms with van der Waals surface area (Å²) in [6, 6.07) is 7.69. The van der Waals surface area contributed by atoms with Crippen molar-refractivity contribution in [1.82, 2.24) is 5.32 Å². The third-order valence-corrected chi connectivity index (χ3v) is 2.35. The summed E-state index contributed by atoms with van der Waals surface area (Å²) in [5, 5.41) is 3.25. The fraction of sp³-hybridized carbons (Fsp3) is 0.333. The number of hydrogen-bond acceptors (Lipinski definition) is 2. The smallest absolute Gasteiger partial charge is 0.135 e. The molecule has 1 aliphatic rings. The van der Waals surface area contributed by atoms with E-state index in [9.17, 15) is 0 Å². The van der Waals surface area contributed by atoms with Gasteiger partial charge in [-0.2, -0.15) is 0 Å². The average molecular weight is 187 g/mol. The first-order valence-corrected chi connectivity index (χ1v) is 4.83. The number of benzene rings is 1. The third kappa shape index (κ3) is 1.89. The van der Waals surface area contributed by atoms with Gasteiger partial charge in [-0.05, 0) is 25.1 Å². The van der Waals surface area contributed by atoms with Crippen LogP contribution < -0.4 is 10.1 Å². The fourth-order valence-electron chi connectivity index (χ4n) is 1.60. The second-order valence-electron chi connectivity index (χ2n) is 3.37. The van der Waals surface area contributed by atoms with Crippen molar-refractivity contribution in [2.45, 2.75) is 12.5 Å². The molecule has 0 radical (unpaired) electrons. The van der Waals surface area contributed by atoms with Crippen LogP contribution >= 0.6 is 0 Å². The van der Waals surface area contributed by atoms with Crippen molar-refractivity contribution in [3.8, 4) is 18.1 Å². The summed E-state index contributed by atoms with van der Waals surface area (Å²) in [7, 11) is 0. The Morgan fingerprint density at radius 3 is 3.00 bits per heavy atom. The molecule has 0 spiro atoms. The Morgan fingerprint density at radius 2 is 2.29 bits per heavy atom. The number of para-hydroxylation sites is 1. The maximum absolute atomic E-state index is 5.79. The highest BCUT2D eigenvalue weighted by Gasteiger charge is 2.16. The summed E-state index contributed by atoms with van der Waals surface area (Å²) in [5.74, 6) is 3.45. The molecule has 0 bridgehead atoms. The SMILES string of the molecule is C#Cc1ccccc1O[C@@H]1CCNC1. The summed E-state index contributed by atoms with van der Waals surface area (Å²) in [6.07, 6.45) is 6.70. The van der Waals surface area contributed by atoms with E-state index in [0.29, 0.717) is 0 Å². The van der Waals surface area contributed by atoms with Crippen molar-refractivity contribution in [3.05, 3.63) is 29.8 Å². The molecule has 0 unspecified atom stereocenters. The molecule has 2 rings (SSSR count). The van der Waals surface area contributed by atoms with Gasteiger partial charge in [-0.3, -0.25) is 0 Å². The maximum atomic E-state index is 5.79. The summed E-state index contributed by atoms with van der Waals surface area (Å²) >= 11 is 0. The summed E-state index contributed by atoms with van der Waals surface area (Å²) in [6.45, 7) is 1.95. The van der Waals surface area contributed by atoms with E-state index < -0.39 is 0 Å². The van der Waals surface area contributed by atoms with Crippen molar-refractivity contribution in [2.24, 2.45) is 0 Å². The molecular weight excluding hydrogens is 174 g/mol. The lowest BCUT2D eigenvalue weighted by Crippen LogP contribution is -2.19. The molecule has 2 nitrogen and oxygen atoms in total. The van der Waals surface area contributed by atoms with Crippen LogP contribution in [0.25, 0.3) is 0 Å². The molecule has 0 saturated carbocycles. The zero-order chi connectivity index (χ0) is 9.80. The van der Waals surface area contributed by atoms with E-state index >= 15 is 0 Å². The van der Waals surface area contributed by atoms with E-state index in [1.165, 1.54) is 0 Å². The monoisotopic (exact) mass is 187 g/mol. The first-order valence-electron chi connectivity index (χ1n) is 4.83. The summed E-state index contributed by atoms with van der Waals surface area (Å²) < 4.78 is 5.79. The zero-order valence-corrected chi connectivity index (χ0v) is 7.99. The van der Waals surface area contributed by atoms with Crippen molar-refractivity contribution in [3.63, 3.8) is 0 Å². The van der Waals surface area contributed by atoms with Gasteiger partial charge in [0.25, 0.3) is 0 Å². The molecule has 1 atom stereocenters. The lowest BCUT2D eigenvalue weighted by atomic mass is 10.2. The summed E-state index contributed by atoms with van der Waals surface area (Å²) in [4.78, 5) is 0. The van der Waals surface area contributed by atoms with Gasteiger partial charge < -0.3 is 10.1 Å². The first kappa shape index (κ1) is 9.11. The molecule has 1 fully saturated rings. The molecule has 0 amide bonds. The average Bonchev–Trinajstić information content (AvgIpc) is 2.71. The molecule has 1 aromatic carbocycles. The van der Waals surface area contributed by atoms with Crippen LogP contribution in [0, 0.1) is 12.3 Å². The van der Waals surface area contributed by atoms with Gasteiger partial charge in [0.2, 0.25) is 0 Å². The van der Waals surface area contributed by atoms with E-state index in [2.05, 4.69) is 11.2 Å². The lowest BCUT2D eigenvalue weighted by molar-refractivity contribution is 0.222. The van der Waals surface area contributed by atoms with E-state index in [1.807, 2.05) is 24.3 Å². The highest BCUT2D eigenvalue weighted by atomic mass is 16.5. The number of nitrogens with one attached hydrogen (secondary N) is 1. The normalized spacial score (nSPS) is 20.4. The van der Waals surface area contributed by atoms with Crippen LogP contribution in [0.1, 0.15) is 12.0 Å². The standard InChI is InChI=1S/C12H13NO/c1-2-10-5-3-4-6-12(10)14-11-7-8-13-9-11/h1,3-6,11,13H,7-9H2/t11-/m1/s1. The Balaban J connectivity index is 2.11. The molecule has 0 aliphatic carbocycles. The summed E-state index contributed by atoms with van der Waals surface area (Å²) in [5.41, 5.74) is 0.833. The highest BCUT2D eigenvalue weighted by Crippen LogP contribution is 2.19. The molecule has 72 valence electrons. The van der Waals surface area contributed by atoms with E-state index in [0.717, 1.165) is 30.8 Å². The fourth-order valence-corrected chi connectivity index (χ4v) is 1.60. The second kappa shape index (κ2) is 4.17. The van der Waals surface area contributed by atoms with Crippen molar-refractivity contribution < 1.29 is 4.74 Å². The van der Waals surface area contributed by atoms with Gasteiger partial charge in [-0.1, -0.05) is 18.1 Å². The zero-order valence-electron chi connectivity index (χ0n) is 7.99. The van der Waals surface area contributed by atoms with Crippen LogP contribution in [0.4, 0.5) is 0 Å². The molecular formula is C12H13NO. The van der Waals surface area contributed by atoms with Crippen LogP contribution in [0.2, 0.25) is 0 Å². The number of rotatable bonds is 2. The Labute approximate surface area is 84.3 Å². The first-order chi connectivity index (χ1) is 6.90. The predicted octanol–water partition coefficient (Wildman–Crippen LogP) is 1.41. The van der Waals surface area contributed by atoms with Gasteiger partial charge in [-0.15, -0.1) is 6.42 Å². The molecule has 1 aromatic rings. The minimum atomic E-state index is 0.268. The third-order valence-electron chi connectivity index (χ3n) is 2.35. The number of ether oxygens (including phenoxy) is 1.